The summed E-state index contributed by atoms with van der Waals surface area (Å²) >= 11 is 6.94. The van der Waals surface area contributed by atoms with Crippen molar-refractivity contribution in [2.24, 2.45) is 4.99 Å². The van der Waals surface area contributed by atoms with Gasteiger partial charge in [-0.3, -0.25) is 14.4 Å². The Morgan fingerprint density at radius 1 is 1.11 bits per heavy atom. The fourth-order valence-electron chi connectivity index (χ4n) is 2.92. The van der Waals surface area contributed by atoms with Crippen molar-refractivity contribution < 1.29 is 14.4 Å². The lowest BCUT2D eigenvalue weighted by Crippen LogP contribution is -2.31. The lowest BCUT2D eigenvalue weighted by Gasteiger charge is -2.11. The molecule has 134 valence electrons. The van der Waals surface area contributed by atoms with Gasteiger partial charge in [0.25, 0.3) is 11.8 Å². The van der Waals surface area contributed by atoms with Crippen LogP contribution in [0.25, 0.3) is 5.57 Å². The van der Waals surface area contributed by atoms with Crippen molar-refractivity contribution in [2.75, 3.05) is 4.90 Å². The third-order valence-corrected chi connectivity index (χ3v) is 5.29. The van der Waals surface area contributed by atoms with Gasteiger partial charge in [-0.2, -0.15) is 0 Å². The van der Waals surface area contributed by atoms with Crippen LogP contribution in [0.1, 0.15) is 12.5 Å². The van der Waals surface area contributed by atoms with E-state index in [0.717, 1.165) is 16.7 Å². The summed E-state index contributed by atoms with van der Waals surface area (Å²) in [7, 11) is 0. The normalized spacial score (nSPS) is 20.2. The molecule has 6 nitrogen and oxygen atoms in total. The second-order valence-electron chi connectivity index (χ2n) is 5.83. The van der Waals surface area contributed by atoms with E-state index in [1.807, 2.05) is 0 Å². The molecule has 0 radical (unpaired) electrons. The number of rotatable bonds is 1. The Labute approximate surface area is 163 Å². The van der Waals surface area contributed by atoms with Crippen molar-refractivity contribution in [3.05, 3.63) is 64.0 Å². The number of para-hydroxylation sites is 1. The van der Waals surface area contributed by atoms with Crippen molar-refractivity contribution in [3.8, 4) is 0 Å². The van der Waals surface area contributed by atoms with Gasteiger partial charge in [0, 0.05) is 17.5 Å². The molecule has 27 heavy (non-hydrogen) atoms. The van der Waals surface area contributed by atoms with E-state index in [-0.39, 0.29) is 10.5 Å². The molecule has 8 heteroatoms. The largest absolute Gasteiger partial charge is 0.300 e. The lowest BCUT2D eigenvalue weighted by molar-refractivity contribution is -0.122. The van der Waals surface area contributed by atoms with Crippen LogP contribution in [-0.4, -0.2) is 22.9 Å². The van der Waals surface area contributed by atoms with Crippen LogP contribution in [0.15, 0.2) is 58.4 Å². The fourth-order valence-corrected chi connectivity index (χ4v) is 3.98. The summed E-state index contributed by atoms with van der Waals surface area (Å²) in [5.41, 5.74) is 1.87. The molecule has 0 aliphatic carbocycles. The molecule has 0 atom stereocenters. The van der Waals surface area contributed by atoms with Crippen LogP contribution in [0, 0.1) is 0 Å². The van der Waals surface area contributed by atoms with Crippen molar-refractivity contribution in [1.29, 1.82) is 0 Å². The number of hydrogen-bond acceptors (Lipinski definition) is 5. The number of hydrogen-bond donors (Lipinski definition) is 1. The van der Waals surface area contributed by atoms with Crippen LogP contribution in [-0.2, 0) is 14.4 Å². The number of nitrogens with one attached hydrogen (secondary N) is 1. The van der Waals surface area contributed by atoms with Gasteiger partial charge >= 0.3 is 0 Å². The van der Waals surface area contributed by atoms with Crippen molar-refractivity contribution in [3.63, 3.8) is 0 Å². The molecule has 1 saturated heterocycles. The summed E-state index contributed by atoms with van der Waals surface area (Å²) in [4.78, 5) is 43.0. The standard InChI is InChI=1S/C19H12ClN3O3S/c1-10(24)23-14-5-3-2-4-13(14)15(18(23)26)16-17(25)22-19(27-16)21-12-8-6-11(20)7-9-12/h2-9H,1H3,(H,21,22,25). The topological polar surface area (TPSA) is 78.8 Å². The molecule has 4 rings (SSSR count). The number of imide groups is 1. The maximum atomic E-state index is 12.8. The lowest BCUT2D eigenvalue weighted by atomic mass is 10.1. The molecule has 0 unspecified atom stereocenters. The van der Waals surface area contributed by atoms with Crippen molar-refractivity contribution in [2.45, 2.75) is 6.92 Å². The highest BCUT2D eigenvalue weighted by Gasteiger charge is 2.40. The summed E-state index contributed by atoms with van der Waals surface area (Å²) in [5.74, 6) is -1.33. The predicted octanol–water partition coefficient (Wildman–Crippen LogP) is 3.49. The van der Waals surface area contributed by atoms with E-state index in [9.17, 15) is 14.4 Å². The second kappa shape index (κ2) is 6.68. The fraction of sp³-hybridized carbons (Fsp3) is 0.0526. The highest BCUT2D eigenvalue weighted by Crippen LogP contribution is 2.42. The van der Waals surface area contributed by atoms with Gasteiger partial charge in [0.2, 0.25) is 5.91 Å². The van der Waals surface area contributed by atoms with Crippen molar-refractivity contribution in [1.82, 2.24) is 5.32 Å². The molecule has 3 amide bonds. The first kappa shape index (κ1) is 17.5. The van der Waals surface area contributed by atoms with E-state index < -0.39 is 17.7 Å². The SMILES string of the molecule is CC(=O)N1C(=O)C(=C2SC(=Nc3ccc(Cl)cc3)NC2=O)c2ccccc21. The van der Waals surface area contributed by atoms with Crippen LogP contribution in [0.2, 0.25) is 5.02 Å². The maximum Gasteiger partial charge on any atom is 0.267 e. The van der Waals surface area contributed by atoms with Crippen LogP contribution in [0.3, 0.4) is 0 Å². The summed E-state index contributed by atoms with van der Waals surface area (Å²) in [6.45, 7) is 1.32. The number of carbonyl (C=O) groups excluding carboxylic acids is 3. The smallest absolute Gasteiger partial charge is 0.267 e. The summed E-state index contributed by atoms with van der Waals surface area (Å²) in [6, 6.07) is 13.7. The number of amidine groups is 1. The molecular formula is C19H12ClN3O3S. The van der Waals surface area contributed by atoms with Gasteiger partial charge in [-0.1, -0.05) is 29.8 Å². The zero-order valence-electron chi connectivity index (χ0n) is 14.0. The minimum absolute atomic E-state index is 0.213. The first-order valence-corrected chi connectivity index (χ1v) is 9.17. The van der Waals surface area contributed by atoms with E-state index in [4.69, 9.17) is 11.6 Å². The number of benzene rings is 2. The Morgan fingerprint density at radius 2 is 1.81 bits per heavy atom. The first-order valence-electron chi connectivity index (χ1n) is 7.98. The van der Waals surface area contributed by atoms with E-state index in [1.165, 1.54) is 6.92 Å². The van der Waals surface area contributed by atoms with Gasteiger partial charge in [-0.15, -0.1) is 0 Å². The number of carbonyl (C=O) groups is 3. The quantitative estimate of drug-likeness (QED) is 0.747. The Kier molecular flexibility index (Phi) is 4.33. The van der Waals surface area contributed by atoms with Gasteiger partial charge in [-0.25, -0.2) is 9.89 Å². The highest BCUT2D eigenvalue weighted by atomic mass is 35.5. The van der Waals surface area contributed by atoms with Gasteiger partial charge in [0.05, 0.1) is 21.9 Å². The summed E-state index contributed by atoms with van der Waals surface area (Å²) in [6.07, 6.45) is 0. The molecule has 0 aromatic heterocycles. The average Bonchev–Trinajstić information content (AvgIpc) is 3.13. The average molecular weight is 398 g/mol. The number of halogens is 1. The van der Waals surface area contributed by atoms with Gasteiger partial charge in [-0.05, 0) is 42.1 Å². The Bertz CT molecular complexity index is 1060. The van der Waals surface area contributed by atoms with Crippen LogP contribution in [0.4, 0.5) is 11.4 Å². The van der Waals surface area contributed by atoms with Gasteiger partial charge < -0.3 is 5.32 Å². The Hall–Kier alpha value is -2.90. The molecule has 1 fully saturated rings. The summed E-state index contributed by atoms with van der Waals surface area (Å²) < 4.78 is 0. The highest BCUT2D eigenvalue weighted by molar-refractivity contribution is 8.18. The minimum atomic E-state index is -0.505. The monoisotopic (exact) mass is 397 g/mol. The van der Waals surface area contributed by atoms with E-state index in [0.29, 0.717) is 27.1 Å². The molecule has 2 aliphatic rings. The molecule has 2 aliphatic heterocycles. The molecular weight excluding hydrogens is 386 g/mol. The number of thioether (sulfide) groups is 1. The van der Waals surface area contributed by atoms with E-state index in [2.05, 4.69) is 10.3 Å². The first-order chi connectivity index (χ1) is 13.0. The molecule has 0 spiro atoms. The van der Waals surface area contributed by atoms with Gasteiger partial charge in [0.1, 0.15) is 0 Å². The number of aliphatic imine (C=N–C) groups is 1. The molecule has 0 bridgehead atoms. The molecule has 2 aromatic carbocycles. The van der Waals surface area contributed by atoms with E-state index >= 15 is 0 Å². The number of nitrogens with zero attached hydrogens (tertiary/aromatic N) is 2. The third-order valence-electron chi connectivity index (χ3n) is 4.06. The number of anilines is 1. The molecule has 1 N–H and O–H groups in total. The number of amides is 3. The van der Waals surface area contributed by atoms with E-state index in [1.54, 1.807) is 48.5 Å². The Balaban J connectivity index is 1.77. The maximum absolute atomic E-state index is 12.8. The number of fused-ring (bicyclic) bond motifs is 1. The zero-order chi connectivity index (χ0) is 19.1. The van der Waals surface area contributed by atoms with Crippen LogP contribution >= 0.6 is 23.4 Å². The molecule has 2 heterocycles. The third kappa shape index (κ3) is 3.05. The predicted molar refractivity (Wildman–Crippen MR) is 106 cm³/mol. The van der Waals surface area contributed by atoms with Gasteiger partial charge in [0.15, 0.2) is 5.17 Å². The zero-order valence-corrected chi connectivity index (χ0v) is 15.6. The molecule has 0 saturated carbocycles. The van der Waals surface area contributed by atoms with Crippen LogP contribution in [0.5, 0.6) is 0 Å². The Morgan fingerprint density at radius 3 is 2.52 bits per heavy atom. The molecule has 2 aromatic rings. The van der Waals surface area contributed by atoms with Crippen molar-refractivity contribution >= 4 is 63.2 Å². The van der Waals surface area contributed by atoms with Crippen LogP contribution < -0.4 is 10.2 Å². The summed E-state index contributed by atoms with van der Waals surface area (Å²) in [5, 5.41) is 3.61. The second-order valence-corrected chi connectivity index (χ2v) is 7.27. The minimum Gasteiger partial charge on any atom is -0.300 e.